The maximum absolute atomic E-state index is 12.1. The van der Waals surface area contributed by atoms with Crippen LogP contribution in [-0.2, 0) is 14.3 Å². The Morgan fingerprint density at radius 1 is 0.853 bits per heavy atom. The molecular weight excluding hydrogens is 436 g/mol. The fraction of sp³-hybridized carbons (Fsp3) is 0.192. The van der Waals surface area contributed by atoms with Gasteiger partial charge in [-0.05, 0) is 34.4 Å². The number of carboxylic acids is 1. The van der Waals surface area contributed by atoms with E-state index in [1.54, 1.807) is 12.1 Å². The molecule has 0 saturated heterocycles. The van der Waals surface area contributed by atoms with Gasteiger partial charge in [0.1, 0.15) is 13.2 Å². The molecule has 0 unspecified atom stereocenters. The van der Waals surface area contributed by atoms with Crippen LogP contribution < -0.4 is 10.6 Å². The first-order valence-electron chi connectivity index (χ1n) is 10.8. The highest BCUT2D eigenvalue weighted by atomic mass is 16.5. The number of hydrogen-bond acceptors (Lipinski definition) is 5. The van der Waals surface area contributed by atoms with E-state index < -0.39 is 18.0 Å². The molecule has 0 heterocycles. The van der Waals surface area contributed by atoms with Gasteiger partial charge in [-0.15, -0.1) is 0 Å². The summed E-state index contributed by atoms with van der Waals surface area (Å²) in [7, 11) is 0. The minimum atomic E-state index is -1.14. The summed E-state index contributed by atoms with van der Waals surface area (Å²) in [4.78, 5) is 35.3. The largest absolute Gasteiger partial charge is 0.478 e. The Hall–Kier alpha value is -4.17. The van der Waals surface area contributed by atoms with Gasteiger partial charge in [-0.3, -0.25) is 4.79 Å². The zero-order valence-corrected chi connectivity index (χ0v) is 18.3. The number of hydrogen-bond donors (Lipinski definition) is 3. The van der Waals surface area contributed by atoms with Crippen LogP contribution >= 0.6 is 0 Å². The van der Waals surface area contributed by atoms with E-state index in [1.807, 2.05) is 24.3 Å². The molecule has 8 nitrogen and oxygen atoms in total. The normalized spacial score (nSPS) is 11.9. The topological polar surface area (TPSA) is 114 Å². The van der Waals surface area contributed by atoms with Crippen molar-refractivity contribution in [1.82, 2.24) is 5.32 Å². The molecule has 0 aromatic heterocycles. The number of aromatic carboxylic acids is 1. The van der Waals surface area contributed by atoms with Crippen molar-refractivity contribution in [2.45, 2.75) is 5.92 Å². The second-order valence-corrected chi connectivity index (χ2v) is 7.70. The van der Waals surface area contributed by atoms with Crippen molar-refractivity contribution in [3.8, 4) is 11.1 Å². The lowest BCUT2D eigenvalue weighted by molar-refractivity contribution is -0.120. The SMILES string of the molecule is O=C(COCCNC(=O)OCC1c2ccccc2-c2ccccc21)Nc1ccccc1C(=O)O. The van der Waals surface area contributed by atoms with E-state index in [0.717, 1.165) is 22.3 Å². The molecule has 8 heteroatoms. The number of carboxylic acid groups (broad SMARTS) is 1. The molecule has 0 fully saturated rings. The van der Waals surface area contributed by atoms with Crippen molar-refractivity contribution >= 4 is 23.7 Å². The first-order valence-corrected chi connectivity index (χ1v) is 10.8. The molecule has 0 aliphatic heterocycles. The highest BCUT2D eigenvalue weighted by molar-refractivity contribution is 6.00. The van der Waals surface area contributed by atoms with E-state index >= 15 is 0 Å². The van der Waals surface area contributed by atoms with Gasteiger partial charge in [0.05, 0.1) is 17.9 Å². The smallest absolute Gasteiger partial charge is 0.407 e. The third-order valence-corrected chi connectivity index (χ3v) is 5.52. The van der Waals surface area contributed by atoms with Crippen molar-refractivity contribution in [3.63, 3.8) is 0 Å². The summed E-state index contributed by atoms with van der Waals surface area (Å²) in [5.74, 6) is -1.65. The van der Waals surface area contributed by atoms with Crippen LogP contribution in [0.3, 0.4) is 0 Å². The van der Waals surface area contributed by atoms with Crippen molar-refractivity contribution in [2.24, 2.45) is 0 Å². The quantitative estimate of drug-likeness (QED) is 0.418. The third-order valence-electron chi connectivity index (χ3n) is 5.52. The molecule has 4 rings (SSSR count). The molecule has 3 aromatic rings. The highest BCUT2D eigenvalue weighted by Crippen LogP contribution is 2.44. The molecule has 2 amide bonds. The Bertz CT molecular complexity index is 1160. The number of carbonyl (C=O) groups excluding carboxylic acids is 2. The van der Waals surface area contributed by atoms with E-state index in [4.69, 9.17) is 14.6 Å². The Morgan fingerprint density at radius 3 is 2.15 bits per heavy atom. The van der Waals surface area contributed by atoms with Crippen molar-refractivity contribution in [3.05, 3.63) is 89.5 Å². The average Bonchev–Trinajstić information content (AvgIpc) is 3.16. The molecule has 34 heavy (non-hydrogen) atoms. The van der Waals surface area contributed by atoms with E-state index in [1.165, 1.54) is 12.1 Å². The van der Waals surface area contributed by atoms with E-state index in [9.17, 15) is 14.4 Å². The Morgan fingerprint density at radius 2 is 1.47 bits per heavy atom. The van der Waals surface area contributed by atoms with Crippen LogP contribution in [0.25, 0.3) is 11.1 Å². The molecule has 174 valence electrons. The van der Waals surface area contributed by atoms with Gasteiger partial charge in [0, 0.05) is 12.5 Å². The maximum atomic E-state index is 12.1. The van der Waals surface area contributed by atoms with Gasteiger partial charge in [0.15, 0.2) is 0 Å². The summed E-state index contributed by atoms with van der Waals surface area (Å²) in [5, 5.41) is 14.3. The Labute approximate surface area is 196 Å². The van der Waals surface area contributed by atoms with Crippen LogP contribution in [0.4, 0.5) is 10.5 Å². The predicted molar refractivity (Wildman–Crippen MR) is 126 cm³/mol. The van der Waals surface area contributed by atoms with Gasteiger partial charge in [0.2, 0.25) is 5.91 Å². The molecule has 0 spiro atoms. The monoisotopic (exact) mass is 460 g/mol. The summed E-state index contributed by atoms with van der Waals surface area (Å²) in [5.41, 5.74) is 4.77. The van der Waals surface area contributed by atoms with Crippen molar-refractivity contribution < 1.29 is 29.0 Å². The molecular formula is C26H24N2O6. The summed E-state index contributed by atoms with van der Waals surface area (Å²) in [6.07, 6.45) is -0.565. The molecule has 1 aliphatic rings. The number of rotatable bonds is 9. The number of para-hydroxylation sites is 1. The molecule has 1 aliphatic carbocycles. The van der Waals surface area contributed by atoms with Crippen LogP contribution in [0.5, 0.6) is 0 Å². The minimum absolute atomic E-state index is 0.00669. The van der Waals surface area contributed by atoms with Crippen molar-refractivity contribution in [2.75, 3.05) is 31.7 Å². The highest BCUT2D eigenvalue weighted by Gasteiger charge is 2.28. The average molecular weight is 460 g/mol. The maximum Gasteiger partial charge on any atom is 0.407 e. The number of benzene rings is 3. The van der Waals surface area contributed by atoms with Crippen LogP contribution in [0.1, 0.15) is 27.4 Å². The number of ether oxygens (including phenoxy) is 2. The van der Waals surface area contributed by atoms with E-state index in [2.05, 4.69) is 34.9 Å². The summed E-state index contributed by atoms with van der Waals surface area (Å²) < 4.78 is 10.7. The Balaban J connectivity index is 1.18. The number of nitrogens with one attached hydrogen (secondary N) is 2. The minimum Gasteiger partial charge on any atom is -0.478 e. The van der Waals surface area contributed by atoms with Gasteiger partial charge in [-0.2, -0.15) is 0 Å². The molecule has 0 atom stereocenters. The summed E-state index contributed by atoms with van der Waals surface area (Å²) >= 11 is 0. The summed E-state index contributed by atoms with van der Waals surface area (Å²) in [6, 6.07) is 22.3. The zero-order valence-electron chi connectivity index (χ0n) is 18.3. The van der Waals surface area contributed by atoms with Crippen LogP contribution in [0.15, 0.2) is 72.8 Å². The number of carbonyl (C=O) groups is 3. The van der Waals surface area contributed by atoms with Gasteiger partial charge in [-0.1, -0.05) is 60.7 Å². The third kappa shape index (κ3) is 5.24. The molecule has 0 bridgehead atoms. The van der Waals surface area contributed by atoms with E-state index in [-0.39, 0.29) is 43.5 Å². The van der Waals surface area contributed by atoms with Gasteiger partial charge in [0.25, 0.3) is 0 Å². The van der Waals surface area contributed by atoms with Crippen molar-refractivity contribution in [1.29, 1.82) is 0 Å². The molecule has 3 aromatic carbocycles. The van der Waals surface area contributed by atoms with Crippen LogP contribution in [0, 0.1) is 0 Å². The number of amides is 2. The lowest BCUT2D eigenvalue weighted by atomic mass is 9.98. The number of alkyl carbamates (subject to hydrolysis) is 1. The van der Waals surface area contributed by atoms with Gasteiger partial charge in [-0.25, -0.2) is 9.59 Å². The Kier molecular flexibility index (Phi) is 7.19. The van der Waals surface area contributed by atoms with Crippen LogP contribution in [-0.4, -0.2) is 49.4 Å². The molecule has 0 radical (unpaired) electrons. The standard InChI is InChI=1S/C26H24N2O6/c29-24(28-23-12-6-5-11-21(23)25(30)31)16-33-14-13-27-26(32)34-15-22-19-9-3-1-7-17(19)18-8-2-4-10-20(18)22/h1-12,22H,13-16H2,(H,27,32)(H,28,29)(H,30,31). The summed E-state index contributed by atoms with van der Waals surface area (Å²) in [6.45, 7) is 0.195. The van der Waals surface area contributed by atoms with Crippen LogP contribution in [0.2, 0.25) is 0 Å². The first-order chi connectivity index (χ1) is 16.5. The fourth-order valence-corrected chi connectivity index (χ4v) is 4.00. The second kappa shape index (κ2) is 10.6. The van der Waals surface area contributed by atoms with E-state index in [0.29, 0.717) is 0 Å². The number of fused-ring (bicyclic) bond motifs is 3. The second-order valence-electron chi connectivity index (χ2n) is 7.70. The zero-order chi connectivity index (χ0) is 23.9. The first kappa shape index (κ1) is 23.0. The van der Waals surface area contributed by atoms with Gasteiger partial charge >= 0.3 is 12.1 Å². The van der Waals surface area contributed by atoms with Gasteiger partial charge < -0.3 is 25.2 Å². The molecule has 0 saturated carbocycles. The fourth-order valence-electron chi connectivity index (χ4n) is 4.00. The molecule has 3 N–H and O–H groups in total. The predicted octanol–water partition coefficient (Wildman–Crippen LogP) is 3.88. The lowest BCUT2D eigenvalue weighted by Crippen LogP contribution is -2.30. The lowest BCUT2D eigenvalue weighted by Gasteiger charge is -2.14. The number of anilines is 1.